The van der Waals surface area contributed by atoms with Gasteiger partial charge in [0.2, 0.25) is 0 Å². The first-order valence-corrected chi connectivity index (χ1v) is 14.0. The Balaban J connectivity index is 1.10. The predicted octanol–water partition coefficient (Wildman–Crippen LogP) is 2.06. The van der Waals surface area contributed by atoms with Crippen LogP contribution in [0.4, 0.5) is 4.79 Å². The summed E-state index contributed by atoms with van der Waals surface area (Å²) in [4.78, 5) is 35.8. The predicted molar refractivity (Wildman–Crippen MR) is 135 cm³/mol. The largest absolute Gasteiger partial charge is 0.469 e. The van der Waals surface area contributed by atoms with Gasteiger partial charge in [-0.15, -0.1) is 0 Å². The fraction of sp³-hybridized carbons (Fsp3) is 0.923. The summed E-state index contributed by atoms with van der Waals surface area (Å²) in [6.45, 7) is 13.0. The molecule has 1 aliphatic carbocycles. The smallest absolute Gasteiger partial charge is 0.411 e. The molecule has 3 saturated heterocycles. The number of esters is 1. The van der Waals surface area contributed by atoms with E-state index in [1.807, 2.05) is 4.90 Å². The van der Waals surface area contributed by atoms with Crippen LogP contribution in [0, 0.1) is 0 Å². The van der Waals surface area contributed by atoms with Gasteiger partial charge in [0.25, 0.3) is 0 Å². The van der Waals surface area contributed by atoms with E-state index in [1.165, 1.54) is 65.4 Å². The van der Waals surface area contributed by atoms with Gasteiger partial charge in [0.1, 0.15) is 0 Å². The molecule has 4 rings (SSSR count). The summed E-state index contributed by atoms with van der Waals surface area (Å²) in [6.07, 6.45) is 9.29. The third kappa shape index (κ3) is 7.31. The maximum atomic E-state index is 12.6. The minimum atomic E-state index is -0.170. The number of rotatable bonds is 10. The number of hydrogen-bond donors (Lipinski definition) is 0. The number of cyclic esters (lactones) is 1. The maximum absolute atomic E-state index is 12.6. The van der Waals surface area contributed by atoms with Crippen LogP contribution in [0.1, 0.15) is 58.3 Å². The molecule has 3 heterocycles. The summed E-state index contributed by atoms with van der Waals surface area (Å²) in [5.41, 5.74) is 0. The highest BCUT2D eigenvalue weighted by molar-refractivity contribution is 5.70. The monoisotopic (exact) mass is 493 g/mol. The van der Waals surface area contributed by atoms with Crippen molar-refractivity contribution in [2.24, 2.45) is 0 Å². The maximum Gasteiger partial charge on any atom is 0.411 e. The van der Waals surface area contributed by atoms with E-state index in [2.05, 4.69) is 26.5 Å². The molecule has 9 heteroatoms. The molecule has 2 atom stereocenters. The Morgan fingerprint density at radius 2 is 1.46 bits per heavy atom. The van der Waals surface area contributed by atoms with E-state index in [0.29, 0.717) is 6.42 Å². The lowest BCUT2D eigenvalue weighted by atomic mass is 9.94. The van der Waals surface area contributed by atoms with Gasteiger partial charge in [0.05, 0.1) is 19.6 Å². The van der Waals surface area contributed by atoms with Crippen molar-refractivity contribution in [2.75, 3.05) is 79.1 Å². The molecular formula is C26H47N5O4. The van der Waals surface area contributed by atoms with E-state index in [9.17, 15) is 9.59 Å². The Morgan fingerprint density at radius 1 is 0.857 bits per heavy atom. The molecule has 0 aromatic rings. The van der Waals surface area contributed by atoms with Gasteiger partial charge in [-0.1, -0.05) is 19.3 Å². The molecular weight excluding hydrogens is 446 g/mol. The van der Waals surface area contributed by atoms with Crippen LogP contribution in [0.2, 0.25) is 0 Å². The van der Waals surface area contributed by atoms with E-state index >= 15 is 0 Å². The third-order valence-corrected chi connectivity index (χ3v) is 8.61. The summed E-state index contributed by atoms with van der Waals surface area (Å²) in [5, 5.41) is 0. The fourth-order valence-corrected chi connectivity index (χ4v) is 6.27. The fourth-order valence-electron chi connectivity index (χ4n) is 6.27. The molecule has 4 fully saturated rings. The van der Waals surface area contributed by atoms with Crippen LogP contribution in [-0.2, 0) is 14.3 Å². The van der Waals surface area contributed by atoms with Gasteiger partial charge in [0, 0.05) is 71.5 Å². The standard InChI is InChI=1S/C26H47N5O4/c1-22-25(30-20-16-28(17-21-30)13-10-24(32)34-2)35-26(33)31(22)12-7-6-11-27-14-18-29(19-15-27)23-8-4-3-5-9-23/h22-23,25H,3-21H2,1-2H3. The first kappa shape index (κ1) is 26.6. The molecule has 9 nitrogen and oxygen atoms in total. The highest BCUT2D eigenvalue weighted by atomic mass is 16.6. The van der Waals surface area contributed by atoms with E-state index in [1.54, 1.807) is 0 Å². The molecule has 0 spiro atoms. The molecule has 0 bridgehead atoms. The van der Waals surface area contributed by atoms with Gasteiger partial charge in [-0.25, -0.2) is 4.79 Å². The SMILES string of the molecule is COC(=O)CCN1CCN(C2OC(=O)N(CCCCN3CCN(C4CCCCC4)CC3)C2C)CC1. The van der Waals surface area contributed by atoms with Crippen LogP contribution in [0.5, 0.6) is 0 Å². The van der Waals surface area contributed by atoms with Crippen molar-refractivity contribution < 1.29 is 19.1 Å². The van der Waals surface area contributed by atoms with Crippen molar-refractivity contribution >= 4 is 12.1 Å². The molecule has 1 saturated carbocycles. The summed E-state index contributed by atoms with van der Waals surface area (Å²) in [5.74, 6) is -0.164. The van der Waals surface area contributed by atoms with Crippen molar-refractivity contribution in [3.05, 3.63) is 0 Å². The number of unbranched alkanes of at least 4 members (excludes halogenated alkanes) is 1. The van der Waals surface area contributed by atoms with Crippen LogP contribution in [0.15, 0.2) is 0 Å². The summed E-state index contributed by atoms with van der Waals surface area (Å²) in [7, 11) is 1.43. The van der Waals surface area contributed by atoms with E-state index in [4.69, 9.17) is 9.47 Å². The number of methoxy groups -OCH3 is 1. The van der Waals surface area contributed by atoms with Gasteiger partial charge in [-0.2, -0.15) is 0 Å². The van der Waals surface area contributed by atoms with Crippen molar-refractivity contribution in [1.82, 2.24) is 24.5 Å². The second kappa shape index (κ2) is 13.2. The van der Waals surface area contributed by atoms with Crippen molar-refractivity contribution in [3.63, 3.8) is 0 Å². The summed E-state index contributed by atoms with van der Waals surface area (Å²) in [6, 6.07) is 0.910. The topological polar surface area (TPSA) is 68.8 Å². The summed E-state index contributed by atoms with van der Waals surface area (Å²) >= 11 is 0. The lowest BCUT2D eigenvalue weighted by Gasteiger charge is -2.40. The molecule has 0 aromatic heterocycles. The van der Waals surface area contributed by atoms with Crippen LogP contribution >= 0.6 is 0 Å². The molecule has 0 aromatic carbocycles. The zero-order valence-electron chi connectivity index (χ0n) is 22.0. The summed E-state index contributed by atoms with van der Waals surface area (Å²) < 4.78 is 10.5. The highest BCUT2D eigenvalue weighted by Crippen LogP contribution is 2.25. The molecule has 35 heavy (non-hydrogen) atoms. The number of hydrogen-bond acceptors (Lipinski definition) is 8. The Hall–Kier alpha value is -1.42. The third-order valence-electron chi connectivity index (χ3n) is 8.61. The molecule has 1 amide bonds. The number of ether oxygens (including phenoxy) is 2. The average molecular weight is 494 g/mol. The molecule has 2 unspecified atom stereocenters. The van der Waals surface area contributed by atoms with E-state index < -0.39 is 0 Å². The minimum absolute atomic E-state index is 0.0724. The molecule has 0 N–H and O–H groups in total. The normalized spacial score (nSPS) is 28.4. The van der Waals surface area contributed by atoms with Crippen LogP contribution in [-0.4, -0.2) is 134 Å². The first-order valence-electron chi connectivity index (χ1n) is 14.0. The Morgan fingerprint density at radius 3 is 2.11 bits per heavy atom. The van der Waals surface area contributed by atoms with Gasteiger partial charge in [-0.05, 0) is 39.2 Å². The average Bonchev–Trinajstić information content (AvgIpc) is 3.19. The zero-order chi connectivity index (χ0) is 24.6. The Labute approximate surface area is 211 Å². The van der Waals surface area contributed by atoms with Gasteiger partial charge >= 0.3 is 12.1 Å². The number of nitrogens with zero attached hydrogens (tertiary/aromatic N) is 5. The van der Waals surface area contributed by atoms with E-state index in [0.717, 1.165) is 64.7 Å². The zero-order valence-corrected chi connectivity index (χ0v) is 22.0. The first-order chi connectivity index (χ1) is 17.0. The van der Waals surface area contributed by atoms with Gasteiger partial charge < -0.3 is 24.2 Å². The quantitative estimate of drug-likeness (QED) is 0.338. The van der Waals surface area contributed by atoms with Crippen LogP contribution < -0.4 is 0 Å². The van der Waals surface area contributed by atoms with Gasteiger partial charge in [-0.3, -0.25) is 14.6 Å². The van der Waals surface area contributed by atoms with Crippen molar-refractivity contribution in [3.8, 4) is 0 Å². The second-order valence-corrected chi connectivity index (χ2v) is 10.8. The Bertz CT molecular complexity index is 673. The van der Waals surface area contributed by atoms with E-state index in [-0.39, 0.29) is 24.3 Å². The van der Waals surface area contributed by atoms with Crippen molar-refractivity contribution in [1.29, 1.82) is 0 Å². The second-order valence-electron chi connectivity index (χ2n) is 10.8. The van der Waals surface area contributed by atoms with Crippen LogP contribution in [0.25, 0.3) is 0 Å². The molecule has 0 radical (unpaired) electrons. The van der Waals surface area contributed by atoms with Crippen molar-refractivity contribution in [2.45, 2.75) is 76.6 Å². The number of piperazine rings is 2. The Kier molecular flexibility index (Phi) is 10.1. The number of amides is 1. The number of carbonyl (C=O) groups is 2. The highest BCUT2D eigenvalue weighted by Gasteiger charge is 2.42. The molecule has 3 aliphatic heterocycles. The number of carbonyl (C=O) groups excluding carboxylic acids is 2. The lowest BCUT2D eigenvalue weighted by Crippen LogP contribution is -2.53. The van der Waals surface area contributed by atoms with Crippen LogP contribution in [0.3, 0.4) is 0 Å². The molecule has 4 aliphatic rings. The minimum Gasteiger partial charge on any atom is -0.469 e. The van der Waals surface area contributed by atoms with Gasteiger partial charge in [0.15, 0.2) is 6.23 Å². The lowest BCUT2D eigenvalue weighted by molar-refractivity contribution is -0.141. The molecule has 200 valence electrons.